The number of Topliss-reactive ketones (excluding diaryl/α,β-unsaturated/α-hetero) is 1. The molecule has 0 saturated heterocycles. The van der Waals surface area contributed by atoms with Crippen LogP contribution in [-0.4, -0.2) is 42.6 Å². The highest BCUT2D eigenvalue weighted by molar-refractivity contribution is 6.33. The molecule has 0 fully saturated rings. The normalized spacial score (nSPS) is 11.4. The Kier molecular flexibility index (Phi) is 6.30. The molecule has 1 rings (SSSR count). The number of aliphatic carboxylic acids is 1. The number of hydrogen-bond donors (Lipinski definition) is 1. The van der Waals surface area contributed by atoms with Crippen LogP contribution in [0.4, 0.5) is 4.39 Å². The summed E-state index contributed by atoms with van der Waals surface area (Å²) in [7, 11) is 1.31. The Morgan fingerprint density at radius 3 is 2.59 bits per heavy atom. The zero-order valence-electron chi connectivity index (χ0n) is 12.0. The number of carbonyl (C=O) groups excluding carboxylic acids is 2. The molecule has 1 aromatic carbocycles. The lowest BCUT2D eigenvalue weighted by Gasteiger charge is -2.14. The maximum atomic E-state index is 13.2. The van der Waals surface area contributed by atoms with Crippen molar-refractivity contribution >= 4 is 17.7 Å². The van der Waals surface area contributed by atoms with Crippen LogP contribution in [0.2, 0.25) is 0 Å². The summed E-state index contributed by atoms with van der Waals surface area (Å²) in [6.07, 6.45) is -0.824. The second-order valence-corrected chi connectivity index (χ2v) is 4.32. The number of benzene rings is 1. The number of methoxy groups -OCH3 is 1. The van der Waals surface area contributed by atoms with Gasteiger partial charge in [0.05, 0.1) is 13.5 Å². The summed E-state index contributed by atoms with van der Waals surface area (Å²) in [5.74, 6) is -3.93. The van der Waals surface area contributed by atoms with Gasteiger partial charge in [0, 0.05) is 6.07 Å². The minimum atomic E-state index is -1.67. The van der Waals surface area contributed by atoms with Crippen molar-refractivity contribution in [2.45, 2.75) is 19.4 Å². The van der Waals surface area contributed by atoms with Crippen LogP contribution in [-0.2, 0) is 19.1 Å². The fourth-order valence-electron chi connectivity index (χ4n) is 1.49. The van der Waals surface area contributed by atoms with E-state index in [4.69, 9.17) is 14.6 Å². The SMILES string of the molecule is COc1cc(OC(C)CC(=O)OCC(=O)C(=O)O)ccc1F. The lowest BCUT2D eigenvalue weighted by atomic mass is 10.2. The summed E-state index contributed by atoms with van der Waals surface area (Å²) in [6.45, 7) is 0.737. The van der Waals surface area contributed by atoms with Crippen LogP contribution in [0.3, 0.4) is 0 Å². The first-order valence-corrected chi connectivity index (χ1v) is 6.25. The maximum absolute atomic E-state index is 13.2. The first-order chi connectivity index (χ1) is 10.3. The van der Waals surface area contributed by atoms with Crippen LogP contribution in [0, 0.1) is 5.82 Å². The number of halogens is 1. The standard InChI is InChI=1S/C14H15FO7/c1-8(5-13(17)21-7-11(16)14(18)19)22-9-3-4-10(15)12(6-9)20-2/h3-4,6,8H,5,7H2,1-2H3,(H,18,19). The number of carbonyl (C=O) groups is 3. The predicted octanol–water partition coefficient (Wildman–Crippen LogP) is 1.19. The summed E-state index contributed by atoms with van der Waals surface area (Å²) >= 11 is 0. The summed E-state index contributed by atoms with van der Waals surface area (Å²) in [4.78, 5) is 32.4. The molecule has 1 aromatic rings. The molecule has 1 atom stereocenters. The Morgan fingerprint density at radius 2 is 2.00 bits per heavy atom. The average molecular weight is 314 g/mol. The topological polar surface area (TPSA) is 99.1 Å². The fourth-order valence-corrected chi connectivity index (χ4v) is 1.49. The molecule has 120 valence electrons. The van der Waals surface area contributed by atoms with E-state index in [1.54, 1.807) is 6.92 Å². The molecule has 8 heteroatoms. The summed E-state index contributed by atoms with van der Waals surface area (Å²) in [5.41, 5.74) is 0. The summed E-state index contributed by atoms with van der Waals surface area (Å²) in [5, 5.41) is 8.34. The van der Waals surface area contributed by atoms with Gasteiger partial charge in [0.15, 0.2) is 18.2 Å². The molecule has 0 aromatic heterocycles. The first kappa shape index (κ1) is 17.4. The van der Waals surface area contributed by atoms with Crippen LogP contribution >= 0.6 is 0 Å². The zero-order valence-corrected chi connectivity index (χ0v) is 12.0. The van der Waals surface area contributed by atoms with Crippen molar-refractivity contribution in [1.82, 2.24) is 0 Å². The average Bonchev–Trinajstić information content (AvgIpc) is 2.46. The second kappa shape index (κ2) is 7.96. The Balaban J connectivity index is 2.48. The number of ether oxygens (including phenoxy) is 3. The summed E-state index contributed by atoms with van der Waals surface area (Å²) < 4.78 is 27.9. The van der Waals surface area contributed by atoms with Crippen LogP contribution < -0.4 is 9.47 Å². The molecule has 0 spiro atoms. The minimum Gasteiger partial charge on any atom is -0.494 e. The highest BCUT2D eigenvalue weighted by Gasteiger charge is 2.17. The smallest absolute Gasteiger partial charge is 0.375 e. The van der Waals surface area contributed by atoms with E-state index < -0.39 is 36.2 Å². The van der Waals surface area contributed by atoms with Gasteiger partial charge < -0.3 is 19.3 Å². The van der Waals surface area contributed by atoms with E-state index >= 15 is 0 Å². The third kappa shape index (κ3) is 5.39. The van der Waals surface area contributed by atoms with Crippen molar-refractivity contribution in [3.63, 3.8) is 0 Å². The van der Waals surface area contributed by atoms with Crippen molar-refractivity contribution in [2.75, 3.05) is 13.7 Å². The Morgan fingerprint density at radius 1 is 1.32 bits per heavy atom. The Labute approximate surface area is 125 Å². The number of esters is 1. The molecule has 1 N–H and O–H groups in total. The monoisotopic (exact) mass is 314 g/mol. The van der Waals surface area contributed by atoms with E-state index in [1.165, 1.54) is 19.2 Å². The number of ketones is 1. The molecular formula is C14H15FO7. The van der Waals surface area contributed by atoms with Gasteiger partial charge in [0.1, 0.15) is 11.9 Å². The van der Waals surface area contributed by atoms with Crippen LogP contribution in [0.1, 0.15) is 13.3 Å². The Bertz CT molecular complexity index is 570. The molecule has 0 aliphatic heterocycles. The lowest BCUT2D eigenvalue weighted by Crippen LogP contribution is -2.24. The lowest BCUT2D eigenvalue weighted by molar-refractivity contribution is -0.156. The molecule has 22 heavy (non-hydrogen) atoms. The fraction of sp³-hybridized carbons (Fsp3) is 0.357. The quantitative estimate of drug-likeness (QED) is 0.568. The molecule has 0 heterocycles. The zero-order chi connectivity index (χ0) is 16.7. The third-order valence-corrected chi connectivity index (χ3v) is 2.52. The van der Waals surface area contributed by atoms with Gasteiger partial charge in [-0.3, -0.25) is 9.59 Å². The van der Waals surface area contributed by atoms with Crippen molar-refractivity contribution in [2.24, 2.45) is 0 Å². The van der Waals surface area contributed by atoms with Gasteiger partial charge in [-0.05, 0) is 19.1 Å². The van der Waals surface area contributed by atoms with Gasteiger partial charge in [-0.15, -0.1) is 0 Å². The Hall–Kier alpha value is -2.64. The van der Waals surface area contributed by atoms with Crippen LogP contribution in [0.5, 0.6) is 11.5 Å². The molecule has 0 saturated carbocycles. The van der Waals surface area contributed by atoms with Crippen molar-refractivity contribution < 1.29 is 38.1 Å². The van der Waals surface area contributed by atoms with Crippen LogP contribution in [0.25, 0.3) is 0 Å². The summed E-state index contributed by atoms with van der Waals surface area (Å²) in [6, 6.07) is 3.85. The number of carboxylic acids is 1. The highest BCUT2D eigenvalue weighted by atomic mass is 19.1. The van der Waals surface area contributed by atoms with Crippen molar-refractivity contribution in [1.29, 1.82) is 0 Å². The van der Waals surface area contributed by atoms with E-state index in [1.807, 2.05) is 0 Å². The van der Waals surface area contributed by atoms with Crippen molar-refractivity contribution in [3.05, 3.63) is 24.0 Å². The van der Waals surface area contributed by atoms with Gasteiger partial charge in [0.2, 0.25) is 0 Å². The van der Waals surface area contributed by atoms with Gasteiger partial charge >= 0.3 is 11.9 Å². The third-order valence-electron chi connectivity index (χ3n) is 2.52. The van der Waals surface area contributed by atoms with Crippen molar-refractivity contribution in [3.8, 4) is 11.5 Å². The largest absolute Gasteiger partial charge is 0.494 e. The maximum Gasteiger partial charge on any atom is 0.375 e. The molecule has 0 aliphatic carbocycles. The molecule has 0 bridgehead atoms. The number of carboxylic acid groups (broad SMARTS) is 1. The van der Waals surface area contributed by atoms with E-state index in [0.29, 0.717) is 5.75 Å². The number of rotatable bonds is 8. The molecule has 0 amide bonds. The molecular weight excluding hydrogens is 299 g/mol. The van der Waals surface area contributed by atoms with Gasteiger partial charge in [-0.25, -0.2) is 9.18 Å². The van der Waals surface area contributed by atoms with E-state index in [-0.39, 0.29) is 12.2 Å². The van der Waals surface area contributed by atoms with Gasteiger partial charge in [-0.2, -0.15) is 0 Å². The molecule has 7 nitrogen and oxygen atoms in total. The second-order valence-electron chi connectivity index (χ2n) is 4.32. The van der Waals surface area contributed by atoms with E-state index in [0.717, 1.165) is 6.07 Å². The number of hydrogen-bond acceptors (Lipinski definition) is 6. The molecule has 1 unspecified atom stereocenters. The van der Waals surface area contributed by atoms with E-state index in [9.17, 15) is 18.8 Å². The molecule has 0 aliphatic rings. The predicted molar refractivity (Wildman–Crippen MR) is 71.3 cm³/mol. The van der Waals surface area contributed by atoms with Gasteiger partial charge in [-0.1, -0.05) is 0 Å². The molecule has 0 radical (unpaired) electrons. The van der Waals surface area contributed by atoms with E-state index in [2.05, 4.69) is 4.74 Å². The van der Waals surface area contributed by atoms with Crippen LogP contribution in [0.15, 0.2) is 18.2 Å². The first-order valence-electron chi connectivity index (χ1n) is 6.25. The van der Waals surface area contributed by atoms with Gasteiger partial charge in [0.25, 0.3) is 5.78 Å². The highest BCUT2D eigenvalue weighted by Crippen LogP contribution is 2.24. The minimum absolute atomic E-state index is 0.000619.